The summed E-state index contributed by atoms with van der Waals surface area (Å²) in [7, 11) is 1.66. The van der Waals surface area contributed by atoms with Crippen LogP contribution < -0.4 is 10.1 Å². The standard InChI is InChI=1S/C12H18N2O/c1-9-8-13-5-4-11(9)10-3-6-14-12(7-10)15-2/h3,6-7,9,11,13H,4-5,8H2,1-2H3. The van der Waals surface area contributed by atoms with Crippen LogP contribution in [0.4, 0.5) is 0 Å². The molecule has 1 aromatic heterocycles. The molecule has 2 heterocycles. The quantitative estimate of drug-likeness (QED) is 0.801. The molecular formula is C12H18N2O. The molecule has 2 rings (SSSR count). The van der Waals surface area contributed by atoms with E-state index in [2.05, 4.69) is 29.4 Å². The molecule has 15 heavy (non-hydrogen) atoms. The van der Waals surface area contributed by atoms with Gasteiger partial charge in [-0.1, -0.05) is 6.92 Å². The topological polar surface area (TPSA) is 34.1 Å². The third-order valence-corrected chi connectivity index (χ3v) is 3.18. The average Bonchev–Trinajstić information content (AvgIpc) is 2.30. The van der Waals surface area contributed by atoms with E-state index in [-0.39, 0.29) is 0 Å². The first kappa shape index (κ1) is 10.4. The summed E-state index contributed by atoms with van der Waals surface area (Å²) in [5.74, 6) is 2.05. The van der Waals surface area contributed by atoms with E-state index >= 15 is 0 Å². The Morgan fingerprint density at radius 3 is 3.13 bits per heavy atom. The van der Waals surface area contributed by atoms with Gasteiger partial charge in [0.15, 0.2) is 0 Å². The van der Waals surface area contributed by atoms with Gasteiger partial charge in [-0.3, -0.25) is 0 Å². The largest absolute Gasteiger partial charge is 0.481 e. The Bertz CT molecular complexity index is 327. The molecular weight excluding hydrogens is 188 g/mol. The van der Waals surface area contributed by atoms with E-state index < -0.39 is 0 Å². The first-order valence-corrected chi connectivity index (χ1v) is 5.52. The molecule has 0 amide bonds. The highest BCUT2D eigenvalue weighted by Gasteiger charge is 2.22. The van der Waals surface area contributed by atoms with Gasteiger partial charge in [-0.15, -0.1) is 0 Å². The number of hydrogen-bond donors (Lipinski definition) is 1. The van der Waals surface area contributed by atoms with Gasteiger partial charge in [0, 0.05) is 12.3 Å². The van der Waals surface area contributed by atoms with Crippen LogP contribution in [0.2, 0.25) is 0 Å². The molecule has 3 nitrogen and oxygen atoms in total. The van der Waals surface area contributed by atoms with Crippen LogP contribution in [0.25, 0.3) is 0 Å². The van der Waals surface area contributed by atoms with Gasteiger partial charge in [-0.2, -0.15) is 0 Å². The molecule has 0 aliphatic carbocycles. The van der Waals surface area contributed by atoms with E-state index in [0.29, 0.717) is 11.8 Å². The van der Waals surface area contributed by atoms with Crippen LogP contribution >= 0.6 is 0 Å². The van der Waals surface area contributed by atoms with Crippen molar-refractivity contribution >= 4 is 0 Å². The van der Waals surface area contributed by atoms with Gasteiger partial charge in [0.05, 0.1) is 7.11 Å². The van der Waals surface area contributed by atoms with E-state index in [4.69, 9.17) is 4.74 Å². The van der Waals surface area contributed by atoms with Gasteiger partial charge in [0.1, 0.15) is 0 Å². The van der Waals surface area contributed by atoms with Crippen LogP contribution in [0.5, 0.6) is 5.88 Å². The number of piperidine rings is 1. The molecule has 0 radical (unpaired) electrons. The number of ether oxygens (including phenoxy) is 1. The second-order valence-corrected chi connectivity index (χ2v) is 4.21. The molecule has 0 bridgehead atoms. The van der Waals surface area contributed by atoms with Crippen molar-refractivity contribution in [3.8, 4) is 5.88 Å². The molecule has 0 aromatic carbocycles. The van der Waals surface area contributed by atoms with Crippen molar-refractivity contribution in [1.29, 1.82) is 0 Å². The maximum absolute atomic E-state index is 5.15. The van der Waals surface area contributed by atoms with Crippen molar-refractivity contribution in [2.75, 3.05) is 20.2 Å². The zero-order chi connectivity index (χ0) is 10.7. The minimum atomic E-state index is 0.642. The Morgan fingerprint density at radius 2 is 2.40 bits per heavy atom. The van der Waals surface area contributed by atoms with Crippen LogP contribution in [0.3, 0.4) is 0 Å². The van der Waals surface area contributed by atoms with Gasteiger partial charge in [-0.25, -0.2) is 4.98 Å². The van der Waals surface area contributed by atoms with Gasteiger partial charge < -0.3 is 10.1 Å². The summed E-state index contributed by atoms with van der Waals surface area (Å²) in [5.41, 5.74) is 1.36. The highest BCUT2D eigenvalue weighted by atomic mass is 16.5. The van der Waals surface area contributed by atoms with E-state index in [0.717, 1.165) is 19.0 Å². The van der Waals surface area contributed by atoms with Crippen molar-refractivity contribution in [3.05, 3.63) is 23.9 Å². The van der Waals surface area contributed by atoms with E-state index in [1.807, 2.05) is 6.20 Å². The molecule has 0 saturated carbocycles. The minimum Gasteiger partial charge on any atom is -0.481 e. The second-order valence-electron chi connectivity index (χ2n) is 4.21. The number of aromatic nitrogens is 1. The van der Waals surface area contributed by atoms with Gasteiger partial charge in [-0.05, 0) is 43.0 Å². The van der Waals surface area contributed by atoms with Gasteiger partial charge in [0.2, 0.25) is 5.88 Å². The molecule has 1 aromatic rings. The highest BCUT2D eigenvalue weighted by molar-refractivity contribution is 5.25. The van der Waals surface area contributed by atoms with Crippen molar-refractivity contribution in [3.63, 3.8) is 0 Å². The second kappa shape index (κ2) is 4.62. The van der Waals surface area contributed by atoms with Crippen molar-refractivity contribution in [2.24, 2.45) is 5.92 Å². The molecule has 1 N–H and O–H groups in total. The van der Waals surface area contributed by atoms with Crippen LogP contribution in [0, 0.1) is 5.92 Å². The van der Waals surface area contributed by atoms with Gasteiger partial charge >= 0.3 is 0 Å². The van der Waals surface area contributed by atoms with Crippen LogP contribution in [0.1, 0.15) is 24.8 Å². The Balaban J connectivity index is 2.19. The molecule has 0 spiro atoms. The fourth-order valence-electron chi connectivity index (χ4n) is 2.28. The fraction of sp³-hybridized carbons (Fsp3) is 0.583. The van der Waals surface area contributed by atoms with Crippen molar-refractivity contribution in [2.45, 2.75) is 19.3 Å². The number of pyridine rings is 1. The number of nitrogens with one attached hydrogen (secondary N) is 1. The Kier molecular flexibility index (Phi) is 3.21. The molecule has 2 atom stereocenters. The third-order valence-electron chi connectivity index (χ3n) is 3.18. The number of hydrogen-bond acceptors (Lipinski definition) is 3. The molecule has 3 heteroatoms. The van der Waals surface area contributed by atoms with Gasteiger partial charge in [0.25, 0.3) is 0 Å². The molecule has 82 valence electrons. The first-order valence-electron chi connectivity index (χ1n) is 5.52. The Hall–Kier alpha value is -1.09. The van der Waals surface area contributed by atoms with Crippen LogP contribution in [-0.2, 0) is 0 Å². The van der Waals surface area contributed by atoms with Crippen LogP contribution in [0.15, 0.2) is 18.3 Å². The number of methoxy groups -OCH3 is 1. The smallest absolute Gasteiger partial charge is 0.213 e. The molecule has 1 fully saturated rings. The van der Waals surface area contributed by atoms with Crippen molar-refractivity contribution in [1.82, 2.24) is 10.3 Å². The maximum Gasteiger partial charge on any atom is 0.213 e. The molecule has 1 aliphatic rings. The summed E-state index contributed by atoms with van der Waals surface area (Å²) in [6.45, 7) is 4.51. The average molecular weight is 206 g/mol. The minimum absolute atomic E-state index is 0.642. The molecule has 2 unspecified atom stereocenters. The van der Waals surface area contributed by atoms with Crippen LogP contribution in [-0.4, -0.2) is 25.2 Å². The zero-order valence-electron chi connectivity index (χ0n) is 9.36. The van der Waals surface area contributed by atoms with E-state index in [1.54, 1.807) is 7.11 Å². The first-order chi connectivity index (χ1) is 7.31. The highest BCUT2D eigenvalue weighted by Crippen LogP contribution is 2.30. The lowest BCUT2D eigenvalue weighted by Crippen LogP contribution is -2.33. The molecule has 1 aliphatic heterocycles. The molecule has 1 saturated heterocycles. The maximum atomic E-state index is 5.15. The predicted octanol–water partition coefficient (Wildman–Crippen LogP) is 1.80. The number of rotatable bonds is 2. The summed E-state index contributed by atoms with van der Waals surface area (Å²) in [6.07, 6.45) is 3.04. The number of nitrogens with zero attached hydrogens (tertiary/aromatic N) is 1. The normalized spacial score (nSPS) is 26.3. The zero-order valence-corrected chi connectivity index (χ0v) is 9.36. The lowest BCUT2D eigenvalue weighted by molar-refractivity contribution is 0.346. The van der Waals surface area contributed by atoms with E-state index in [9.17, 15) is 0 Å². The SMILES string of the molecule is COc1cc(C2CCNCC2C)ccn1. The Morgan fingerprint density at radius 1 is 1.53 bits per heavy atom. The lowest BCUT2D eigenvalue weighted by atomic mass is 9.83. The predicted molar refractivity (Wildman–Crippen MR) is 60.2 cm³/mol. The van der Waals surface area contributed by atoms with Crippen molar-refractivity contribution < 1.29 is 4.74 Å². The summed E-state index contributed by atoms with van der Waals surface area (Å²) in [5, 5.41) is 3.42. The summed E-state index contributed by atoms with van der Waals surface area (Å²) in [6, 6.07) is 4.17. The Labute approximate surface area is 90.9 Å². The monoisotopic (exact) mass is 206 g/mol. The summed E-state index contributed by atoms with van der Waals surface area (Å²) in [4.78, 5) is 4.14. The van der Waals surface area contributed by atoms with E-state index in [1.165, 1.54) is 12.0 Å². The fourth-order valence-corrected chi connectivity index (χ4v) is 2.28. The third kappa shape index (κ3) is 2.29. The lowest BCUT2D eigenvalue weighted by Gasteiger charge is -2.29. The summed E-state index contributed by atoms with van der Waals surface area (Å²) >= 11 is 0. The summed E-state index contributed by atoms with van der Waals surface area (Å²) < 4.78 is 5.15.